The molecule has 0 N–H and O–H groups in total. The highest BCUT2D eigenvalue weighted by Gasteiger charge is 2.30. The van der Waals surface area contributed by atoms with E-state index in [1.165, 1.54) is 0 Å². The molecule has 0 saturated carbocycles. The van der Waals surface area contributed by atoms with Gasteiger partial charge >= 0.3 is 6.09 Å². The van der Waals surface area contributed by atoms with Crippen LogP contribution in [0.15, 0.2) is 12.3 Å². The van der Waals surface area contributed by atoms with Crippen molar-refractivity contribution in [1.82, 2.24) is 9.88 Å². The fourth-order valence-corrected chi connectivity index (χ4v) is 3.41. The molecule has 0 spiro atoms. The van der Waals surface area contributed by atoms with E-state index in [-0.39, 0.29) is 6.09 Å². The van der Waals surface area contributed by atoms with Crippen molar-refractivity contribution in [2.75, 3.05) is 49.1 Å². The molecule has 0 radical (unpaired) electrons. The summed E-state index contributed by atoms with van der Waals surface area (Å²) in [6, 6.07) is 1.85. The van der Waals surface area contributed by atoms with Gasteiger partial charge in [0.05, 0.1) is 10.7 Å². The summed E-state index contributed by atoms with van der Waals surface area (Å²) >= 11 is 6.13. The van der Waals surface area contributed by atoms with Crippen molar-refractivity contribution in [3.8, 4) is 0 Å². The van der Waals surface area contributed by atoms with E-state index in [0.717, 1.165) is 11.5 Å². The number of alkyl halides is 1. The zero-order chi connectivity index (χ0) is 18.9. The smallest absolute Gasteiger partial charge is 0.410 e. The number of carbonyl (C=O) groups is 1. The number of ether oxygens (including phenoxy) is 1. The molecule has 0 aliphatic carbocycles. The van der Waals surface area contributed by atoms with Crippen molar-refractivity contribution in [1.29, 1.82) is 0 Å². The topological polar surface area (TPSA) is 48.9 Å². The molecule has 144 valence electrons. The third kappa shape index (κ3) is 4.50. The summed E-state index contributed by atoms with van der Waals surface area (Å²) in [6.45, 7) is 9.02. The molecule has 1 aromatic heterocycles. The van der Waals surface area contributed by atoms with Gasteiger partial charge in [-0.1, -0.05) is 11.6 Å². The Bertz CT molecular complexity index is 659. The zero-order valence-electron chi connectivity index (χ0n) is 15.5. The van der Waals surface area contributed by atoms with Crippen LogP contribution in [0.5, 0.6) is 0 Å². The zero-order valence-corrected chi connectivity index (χ0v) is 16.3. The lowest BCUT2D eigenvalue weighted by atomic mass is 10.2. The van der Waals surface area contributed by atoms with Crippen molar-refractivity contribution in [3.63, 3.8) is 0 Å². The van der Waals surface area contributed by atoms with Gasteiger partial charge in [-0.15, -0.1) is 0 Å². The van der Waals surface area contributed by atoms with E-state index in [9.17, 15) is 9.18 Å². The third-order valence-electron chi connectivity index (χ3n) is 4.52. The predicted octanol–water partition coefficient (Wildman–Crippen LogP) is 3.34. The Hall–Kier alpha value is -1.76. The summed E-state index contributed by atoms with van der Waals surface area (Å²) in [5.41, 5.74) is 0.362. The van der Waals surface area contributed by atoms with E-state index in [4.69, 9.17) is 16.3 Å². The highest BCUT2D eigenvalue weighted by Crippen LogP contribution is 2.33. The van der Waals surface area contributed by atoms with Gasteiger partial charge in [0, 0.05) is 45.5 Å². The highest BCUT2D eigenvalue weighted by atomic mass is 35.5. The molecule has 2 fully saturated rings. The summed E-state index contributed by atoms with van der Waals surface area (Å²) < 4.78 is 19.1. The minimum Gasteiger partial charge on any atom is -0.444 e. The monoisotopic (exact) mass is 384 g/mol. The number of halogens is 2. The maximum Gasteiger partial charge on any atom is 0.410 e. The van der Waals surface area contributed by atoms with Gasteiger partial charge < -0.3 is 19.4 Å². The van der Waals surface area contributed by atoms with Crippen LogP contribution in [-0.2, 0) is 4.74 Å². The molecule has 8 heteroatoms. The number of rotatable bonds is 2. The Morgan fingerprint density at radius 2 is 1.92 bits per heavy atom. The molecule has 2 saturated heterocycles. The molecular weight excluding hydrogens is 359 g/mol. The number of pyridine rings is 1. The average molecular weight is 385 g/mol. The molecule has 0 aromatic carbocycles. The van der Waals surface area contributed by atoms with Crippen molar-refractivity contribution >= 4 is 29.2 Å². The lowest BCUT2D eigenvalue weighted by molar-refractivity contribution is 0.0240. The Morgan fingerprint density at radius 1 is 1.23 bits per heavy atom. The van der Waals surface area contributed by atoms with Crippen LogP contribution in [0, 0.1) is 0 Å². The van der Waals surface area contributed by atoms with Crippen LogP contribution < -0.4 is 9.80 Å². The molecule has 1 atom stereocenters. The molecule has 3 rings (SSSR count). The summed E-state index contributed by atoms with van der Waals surface area (Å²) in [4.78, 5) is 22.5. The summed E-state index contributed by atoms with van der Waals surface area (Å²) in [5, 5.41) is 0.540. The van der Waals surface area contributed by atoms with Crippen LogP contribution in [0.4, 0.5) is 20.7 Å². The van der Waals surface area contributed by atoms with Crippen LogP contribution >= 0.6 is 11.6 Å². The van der Waals surface area contributed by atoms with E-state index in [1.54, 1.807) is 11.1 Å². The number of carbonyl (C=O) groups excluding carboxylic acids is 1. The minimum atomic E-state index is -0.814. The maximum atomic E-state index is 13.6. The van der Waals surface area contributed by atoms with E-state index < -0.39 is 11.8 Å². The number of amides is 1. The Morgan fingerprint density at radius 3 is 2.50 bits per heavy atom. The van der Waals surface area contributed by atoms with Gasteiger partial charge in [0.1, 0.15) is 11.8 Å². The molecule has 2 aliphatic heterocycles. The Labute approximate surface area is 158 Å². The summed E-state index contributed by atoms with van der Waals surface area (Å²) in [6.07, 6.45) is 1.04. The largest absolute Gasteiger partial charge is 0.444 e. The van der Waals surface area contributed by atoms with E-state index in [2.05, 4.69) is 9.88 Å². The molecule has 26 heavy (non-hydrogen) atoms. The van der Waals surface area contributed by atoms with Crippen molar-refractivity contribution < 1.29 is 13.9 Å². The average Bonchev–Trinajstić information content (AvgIpc) is 3.00. The fourth-order valence-electron chi connectivity index (χ4n) is 3.26. The number of piperazine rings is 1. The number of hydrogen-bond donors (Lipinski definition) is 0. The van der Waals surface area contributed by atoms with Crippen LogP contribution in [0.1, 0.15) is 27.2 Å². The molecule has 2 aliphatic rings. The van der Waals surface area contributed by atoms with Crippen LogP contribution in [0.25, 0.3) is 0 Å². The second-order valence-corrected chi connectivity index (χ2v) is 8.22. The molecule has 3 heterocycles. The predicted molar refractivity (Wildman–Crippen MR) is 101 cm³/mol. The normalized spacial score (nSPS) is 21.3. The molecule has 1 aromatic rings. The Balaban J connectivity index is 1.69. The third-order valence-corrected chi connectivity index (χ3v) is 4.72. The van der Waals surface area contributed by atoms with Crippen LogP contribution in [0.2, 0.25) is 5.02 Å². The lowest BCUT2D eigenvalue weighted by Crippen LogP contribution is -2.50. The van der Waals surface area contributed by atoms with Gasteiger partial charge in [0.25, 0.3) is 0 Å². The van der Waals surface area contributed by atoms with Gasteiger partial charge in [0.2, 0.25) is 0 Å². The van der Waals surface area contributed by atoms with Gasteiger partial charge in [-0.2, -0.15) is 0 Å². The minimum absolute atomic E-state index is 0.291. The molecule has 0 unspecified atom stereocenters. The van der Waals surface area contributed by atoms with E-state index in [0.29, 0.717) is 50.7 Å². The molecule has 1 amide bonds. The first kappa shape index (κ1) is 19.0. The highest BCUT2D eigenvalue weighted by molar-refractivity contribution is 6.30. The van der Waals surface area contributed by atoms with Crippen molar-refractivity contribution in [2.24, 2.45) is 0 Å². The second kappa shape index (κ2) is 7.47. The first-order valence-corrected chi connectivity index (χ1v) is 9.38. The first-order chi connectivity index (χ1) is 12.2. The summed E-state index contributed by atoms with van der Waals surface area (Å²) in [5.74, 6) is 0.798. The second-order valence-electron chi connectivity index (χ2n) is 7.78. The Kier molecular flexibility index (Phi) is 5.46. The van der Waals surface area contributed by atoms with Crippen LogP contribution in [0.3, 0.4) is 0 Å². The molecular formula is C18H26ClFN4O2. The number of hydrogen-bond acceptors (Lipinski definition) is 5. The van der Waals surface area contributed by atoms with E-state index >= 15 is 0 Å². The summed E-state index contributed by atoms with van der Waals surface area (Å²) in [7, 11) is 0. The van der Waals surface area contributed by atoms with Gasteiger partial charge in [-0.05, 0) is 33.3 Å². The number of nitrogens with zero attached hydrogens (tertiary/aromatic N) is 4. The number of anilines is 2. The molecule has 6 nitrogen and oxygen atoms in total. The first-order valence-electron chi connectivity index (χ1n) is 9.00. The van der Waals surface area contributed by atoms with Gasteiger partial charge in [0.15, 0.2) is 5.82 Å². The van der Waals surface area contributed by atoms with Crippen LogP contribution in [-0.4, -0.2) is 67.0 Å². The quantitative estimate of drug-likeness (QED) is 0.782. The fraction of sp³-hybridized carbons (Fsp3) is 0.667. The van der Waals surface area contributed by atoms with Crippen molar-refractivity contribution in [2.45, 2.75) is 39.0 Å². The van der Waals surface area contributed by atoms with Crippen molar-refractivity contribution in [3.05, 3.63) is 17.3 Å². The van der Waals surface area contributed by atoms with Gasteiger partial charge in [-0.25, -0.2) is 14.2 Å². The lowest BCUT2D eigenvalue weighted by Gasteiger charge is -2.37. The van der Waals surface area contributed by atoms with Gasteiger partial charge in [-0.3, -0.25) is 0 Å². The van der Waals surface area contributed by atoms with E-state index in [1.807, 2.05) is 31.7 Å². The standard InChI is InChI=1S/C18H26ClFN4O2/c1-18(2,3)26-17(25)23-8-6-22(7-9-23)16-15(10-13(19)11-21-16)24-5-4-14(20)12-24/h10-11,14H,4-9,12H2,1-3H3/t14-/m1/s1. The number of aromatic nitrogens is 1. The molecule has 0 bridgehead atoms. The SMILES string of the molecule is CC(C)(C)OC(=O)N1CCN(c2ncc(Cl)cc2N2CC[C@@H](F)C2)CC1. The maximum absolute atomic E-state index is 13.6.